The molecule has 1 heterocycles. The van der Waals surface area contributed by atoms with E-state index in [0.717, 1.165) is 35.5 Å². The van der Waals surface area contributed by atoms with Gasteiger partial charge in [0.25, 0.3) is 0 Å². The highest BCUT2D eigenvalue weighted by Gasteiger charge is 2.56. The Labute approximate surface area is 118 Å². The molecule has 0 radical (unpaired) electrons. The van der Waals surface area contributed by atoms with E-state index >= 15 is 0 Å². The molecule has 0 aromatic rings. The van der Waals surface area contributed by atoms with Crippen LogP contribution in [0.3, 0.4) is 0 Å². The summed E-state index contributed by atoms with van der Waals surface area (Å²) in [6, 6.07) is 0. The zero-order chi connectivity index (χ0) is 13.0. The molecule has 0 aromatic heterocycles. The van der Waals surface area contributed by atoms with Crippen LogP contribution in [0.15, 0.2) is 0 Å². The Hall–Kier alpha value is -0.0400. The van der Waals surface area contributed by atoms with E-state index in [2.05, 4.69) is 19.2 Å². The summed E-state index contributed by atoms with van der Waals surface area (Å²) in [7, 11) is 0. The second-order valence-corrected chi connectivity index (χ2v) is 8.84. The van der Waals surface area contributed by atoms with Gasteiger partial charge in [-0.15, -0.1) is 0 Å². The fourth-order valence-corrected chi connectivity index (χ4v) is 7.10. The molecule has 1 saturated heterocycles. The smallest absolute Gasteiger partial charge is 0.00112 e. The monoisotopic (exact) mass is 261 g/mol. The third-order valence-corrected chi connectivity index (χ3v) is 7.03. The lowest BCUT2D eigenvalue weighted by molar-refractivity contribution is -0.0969. The van der Waals surface area contributed by atoms with Gasteiger partial charge in [0.2, 0.25) is 0 Å². The van der Waals surface area contributed by atoms with Gasteiger partial charge < -0.3 is 5.32 Å². The molecular weight excluding hydrogens is 230 g/mol. The van der Waals surface area contributed by atoms with Crippen LogP contribution >= 0.6 is 0 Å². The van der Waals surface area contributed by atoms with Crippen LogP contribution in [0.2, 0.25) is 0 Å². The van der Waals surface area contributed by atoms with Crippen LogP contribution in [0.4, 0.5) is 0 Å². The Bertz CT molecular complexity index is 312. The van der Waals surface area contributed by atoms with Crippen molar-refractivity contribution in [1.82, 2.24) is 5.32 Å². The highest BCUT2D eigenvalue weighted by atomic mass is 14.9. The van der Waals surface area contributed by atoms with E-state index in [-0.39, 0.29) is 0 Å². The maximum absolute atomic E-state index is 3.73. The molecule has 5 rings (SSSR count). The molecule has 1 nitrogen and oxygen atoms in total. The minimum Gasteiger partial charge on any atom is -0.316 e. The Morgan fingerprint density at radius 1 is 1.00 bits per heavy atom. The zero-order valence-electron chi connectivity index (χ0n) is 12.8. The fraction of sp³-hybridized carbons (Fsp3) is 1.00. The predicted octanol–water partition coefficient (Wildman–Crippen LogP) is 4.08. The van der Waals surface area contributed by atoms with E-state index < -0.39 is 0 Å². The number of rotatable bonds is 3. The van der Waals surface area contributed by atoms with Crippen molar-refractivity contribution in [2.24, 2.45) is 40.9 Å². The van der Waals surface area contributed by atoms with Crippen molar-refractivity contribution in [1.29, 1.82) is 0 Å². The van der Waals surface area contributed by atoms with Gasteiger partial charge in [-0.1, -0.05) is 13.8 Å². The van der Waals surface area contributed by atoms with E-state index in [1.54, 1.807) is 32.1 Å². The molecule has 0 amide bonds. The van der Waals surface area contributed by atoms with Crippen molar-refractivity contribution >= 4 is 0 Å². The largest absolute Gasteiger partial charge is 0.316 e. The van der Waals surface area contributed by atoms with E-state index in [0.29, 0.717) is 5.41 Å². The fourth-order valence-electron chi connectivity index (χ4n) is 7.10. The van der Waals surface area contributed by atoms with Crippen molar-refractivity contribution in [3.8, 4) is 0 Å². The first-order valence-electron chi connectivity index (χ1n) is 8.87. The Kier molecular flexibility index (Phi) is 2.99. The third-order valence-electron chi connectivity index (χ3n) is 7.03. The van der Waals surface area contributed by atoms with Crippen LogP contribution in [-0.4, -0.2) is 13.1 Å². The van der Waals surface area contributed by atoms with Crippen LogP contribution in [0, 0.1) is 40.9 Å². The van der Waals surface area contributed by atoms with Crippen molar-refractivity contribution in [3.63, 3.8) is 0 Å². The molecule has 1 aliphatic heterocycles. The first-order valence-corrected chi connectivity index (χ1v) is 8.87. The lowest BCUT2D eigenvalue weighted by Gasteiger charge is -2.59. The standard InChI is InChI=1S/C18H31N/c1-12(2)10-18(3-4-19-11-18)17-15-6-13-5-14(8-15)9-16(17)7-13/h12-17,19H,3-11H2,1-2H3. The highest BCUT2D eigenvalue weighted by molar-refractivity contribution is 5.06. The van der Waals surface area contributed by atoms with E-state index in [4.69, 9.17) is 0 Å². The molecule has 4 aliphatic carbocycles. The summed E-state index contributed by atoms with van der Waals surface area (Å²) < 4.78 is 0. The molecule has 4 saturated carbocycles. The van der Waals surface area contributed by atoms with Crippen LogP contribution in [0.5, 0.6) is 0 Å². The molecule has 1 heteroatoms. The van der Waals surface area contributed by atoms with Gasteiger partial charge in [-0.2, -0.15) is 0 Å². The van der Waals surface area contributed by atoms with E-state index in [1.807, 2.05) is 0 Å². The summed E-state index contributed by atoms with van der Waals surface area (Å²) in [4.78, 5) is 0. The molecule has 108 valence electrons. The normalized spacial score (nSPS) is 52.3. The molecule has 4 bridgehead atoms. The van der Waals surface area contributed by atoms with Gasteiger partial charge in [0.15, 0.2) is 0 Å². The summed E-state index contributed by atoms with van der Waals surface area (Å²) in [5.41, 5.74) is 0.677. The maximum Gasteiger partial charge on any atom is 0.00112 e. The Morgan fingerprint density at radius 2 is 1.63 bits per heavy atom. The van der Waals surface area contributed by atoms with Crippen molar-refractivity contribution < 1.29 is 0 Å². The van der Waals surface area contributed by atoms with Crippen LogP contribution in [-0.2, 0) is 0 Å². The van der Waals surface area contributed by atoms with Crippen molar-refractivity contribution in [3.05, 3.63) is 0 Å². The van der Waals surface area contributed by atoms with Gasteiger partial charge in [0, 0.05) is 6.54 Å². The lowest BCUT2D eigenvalue weighted by atomic mass is 9.45. The molecule has 0 aromatic carbocycles. The van der Waals surface area contributed by atoms with Crippen molar-refractivity contribution in [2.75, 3.05) is 13.1 Å². The number of nitrogens with one attached hydrogen (secondary N) is 1. The lowest BCUT2D eigenvalue weighted by Crippen LogP contribution is -2.52. The minimum absolute atomic E-state index is 0.677. The molecule has 1 unspecified atom stereocenters. The molecule has 5 fully saturated rings. The van der Waals surface area contributed by atoms with Gasteiger partial charge in [-0.05, 0) is 92.4 Å². The van der Waals surface area contributed by atoms with E-state index in [9.17, 15) is 0 Å². The van der Waals surface area contributed by atoms with Crippen LogP contribution in [0.1, 0.15) is 58.8 Å². The summed E-state index contributed by atoms with van der Waals surface area (Å²) in [6.07, 6.45) is 10.9. The minimum atomic E-state index is 0.677. The second-order valence-electron chi connectivity index (χ2n) is 8.84. The molecule has 5 aliphatic rings. The van der Waals surface area contributed by atoms with Crippen LogP contribution < -0.4 is 5.32 Å². The van der Waals surface area contributed by atoms with Gasteiger partial charge in [-0.3, -0.25) is 0 Å². The molecule has 1 atom stereocenters. The maximum atomic E-state index is 3.73. The topological polar surface area (TPSA) is 12.0 Å². The van der Waals surface area contributed by atoms with E-state index in [1.165, 1.54) is 25.9 Å². The third kappa shape index (κ3) is 1.99. The first kappa shape index (κ1) is 12.7. The van der Waals surface area contributed by atoms with Gasteiger partial charge in [0.05, 0.1) is 0 Å². The van der Waals surface area contributed by atoms with Crippen LogP contribution in [0.25, 0.3) is 0 Å². The molecule has 19 heavy (non-hydrogen) atoms. The quantitative estimate of drug-likeness (QED) is 0.807. The van der Waals surface area contributed by atoms with Gasteiger partial charge >= 0.3 is 0 Å². The highest BCUT2D eigenvalue weighted by Crippen LogP contribution is 2.63. The predicted molar refractivity (Wildman–Crippen MR) is 79.9 cm³/mol. The number of hydrogen-bond donors (Lipinski definition) is 1. The Balaban J connectivity index is 1.62. The van der Waals surface area contributed by atoms with Crippen molar-refractivity contribution in [2.45, 2.75) is 58.8 Å². The average Bonchev–Trinajstić information content (AvgIpc) is 2.75. The second kappa shape index (κ2) is 4.48. The molecular formula is C18H31N. The first-order chi connectivity index (χ1) is 9.16. The Morgan fingerprint density at radius 3 is 2.11 bits per heavy atom. The summed E-state index contributed by atoms with van der Waals surface area (Å²) in [5, 5.41) is 3.73. The summed E-state index contributed by atoms with van der Waals surface area (Å²) in [6.45, 7) is 7.50. The number of hydrogen-bond acceptors (Lipinski definition) is 1. The summed E-state index contributed by atoms with van der Waals surface area (Å²) >= 11 is 0. The zero-order valence-corrected chi connectivity index (χ0v) is 12.8. The van der Waals surface area contributed by atoms with Gasteiger partial charge in [-0.25, -0.2) is 0 Å². The SMILES string of the molecule is CC(C)CC1(C2C3CC4CC(C3)CC2C4)CCNC1. The van der Waals surface area contributed by atoms with Gasteiger partial charge in [0.1, 0.15) is 0 Å². The molecule has 0 spiro atoms. The average molecular weight is 261 g/mol. The summed E-state index contributed by atoms with van der Waals surface area (Å²) in [5.74, 6) is 6.42. The molecule has 1 N–H and O–H groups in total.